The standard InChI is InChI=1S/C31H35Cl2N3O5S/c1-22(31(38)34-25-10-5-3-6-11-25)35(20-23-16-17-24(32)18-29(23)33)30(37)21-36(26-12-9-13-27(19-26)41-2)42(39,40)28-14-7-4-8-15-28/h4,7-9,12-19,22,25H,3,5-6,10-11,20-21H2,1-2H3,(H,34,38). The average Bonchev–Trinajstić information content (AvgIpc) is 3.00. The fourth-order valence-electron chi connectivity index (χ4n) is 5.00. The Labute approximate surface area is 257 Å². The van der Waals surface area contributed by atoms with E-state index in [0.29, 0.717) is 21.4 Å². The van der Waals surface area contributed by atoms with Gasteiger partial charge in [-0.1, -0.05) is 72.8 Å². The van der Waals surface area contributed by atoms with Crippen LogP contribution in [-0.4, -0.2) is 50.9 Å². The molecule has 0 spiro atoms. The van der Waals surface area contributed by atoms with Crippen LogP contribution in [0.3, 0.4) is 0 Å². The van der Waals surface area contributed by atoms with Gasteiger partial charge in [0, 0.05) is 28.7 Å². The smallest absolute Gasteiger partial charge is 0.264 e. The highest BCUT2D eigenvalue weighted by molar-refractivity contribution is 7.92. The monoisotopic (exact) mass is 631 g/mol. The molecule has 1 unspecified atom stereocenters. The molecule has 2 amide bonds. The first kappa shape index (κ1) is 31.7. The van der Waals surface area contributed by atoms with Gasteiger partial charge < -0.3 is 15.0 Å². The molecule has 0 aliphatic heterocycles. The van der Waals surface area contributed by atoms with Gasteiger partial charge in [0.25, 0.3) is 10.0 Å². The minimum Gasteiger partial charge on any atom is -0.497 e. The maximum atomic E-state index is 14.1. The second-order valence-corrected chi connectivity index (χ2v) is 13.0. The number of carbonyl (C=O) groups excluding carboxylic acids is 2. The largest absolute Gasteiger partial charge is 0.497 e. The number of ether oxygens (including phenoxy) is 1. The van der Waals surface area contributed by atoms with Gasteiger partial charge >= 0.3 is 0 Å². The predicted octanol–water partition coefficient (Wildman–Crippen LogP) is 6.06. The number of benzene rings is 3. The Morgan fingerprint density at radius 2 is 1.69 bits per heavy atom. The Hall–Kier alpha value is -3.27. The molecule has 11 heteroatoms. The van der Waals surface area contributed by atoms with Gasteiger partial charge in [-0.15, -0.1) is 0 Å². The van der Waals surface area contributed by atoms with Gasteiger partial charge in [0.05, 0.1) is 17.7 Å². The first-order chi connectivity index (χ1) is 20.1. The highest BCUT2D eigenvalue weighted by Crippen LogP contribution is 2.28. The van der Waals surface area contributed by atoms with Gasteiger partial charge in [-0.3, -0.25) is 13.9 Å². The predicted molar refractivity (Wildman–Crippen MR) is 165 cm³/mol. The normalized spacial score (nSPS) is 14.6. The zero-order chi connectivity index (χ0) is 30.3. The molecule has 0 saturated heterocycles. The molecular weight excluding hydrogens is 597 g/mol. The maximum Gasteiger partial charge on any atom is 0.264 e. The molecule has 42 heavy (non-hydrogen) atoms. The molecule has 0 heterocycles. The van der Waals surface area contributed by atoms with Crippen molar-refractivity contribution in [1.82, 2.24) is 10.2 Å². The second-order valence-electron chi connectivity index (χ2n) is 10.3. The van der Waals surface area contributed by atoms with Crippen molar-refractivity contribution < 1.29 is 22.7 Å². The van der Waals surface area contributed by atoms with Crippen LogP contribution in [0.25, 0.3) is 0 Å². The van der Waals surface area contributed by atoms with Crippen LogP contribution in [0.4, 0.5) is 5.69 Å². The Morgan fingerprint density at radius 3 is 2.36 bits per heavy atom. The van der Waals surface area contributed by atoms with Crippen molar-refractivity contribution in [2.24, 2.45) is 0 Å². The molecular formula is C31H35Cl2N3O5S. The summed E-state index contributed by atoms with van der Waals surface area (Å²) in [5, 5.41) is 3.85. The number of rotatable bonds is 11. The van der Waals surface area contributed by atoms with E-state index >= 15 is 0 Å². The van der Waals surface area contributed by atoms with Gasteiger partial charge in [0.1, 0.15) is 18.3 Å². The molecule has 3 aromatic rings. The molecule has 8 nitrogen and oxygen atoms in total. The Morgan fingerprint density at radius 1 is 0.976 bits per heavy atom. The van der Waals surface area contributed by atoms with E-state index in [4.69, 9.17) is 27.9 Å². The first-order valence-electron chi connectivity index (χ1n) is 13.9. The summed E-state index contributed by atoms with van der Waals surface area (Å²) in [5.74, 6) is -0.452. The number of carbonyl (C=O) groups is 2. The van der Waals surface area contributed by atoms with Crippen LogP contribution in [0.1, 0.15) is 44.6 Å². The number of anilines is 1. The van der Waals surface area contributed by atoms with E-state index in [2.05, 4.69) is 5.32 Å². The lowest BCUT2D eigenvalue weighted by atomic mass is 9.95. The summed E-state index contributed by atoms with van der Waals surface area (Å²) in [4.78, 5) is 28.9. The van der Waals surface area contributed by atoms with Crippen molar-refractivity contribution in [2.75, 3.05) is 18.0 Å². The summed E-state index contributed by atoms with van der Waals surface area (Å²) < 4.78 is 34.2. The lowest BCUT2D eigenvalue weighted by molar-refractivity contribution is -0.139. The highest BCUT2D eigenvalue weighted by atomic mass is 35.5. The van der Waals surface area contributed by atoms with Gasteiger partial charge in [-0.25, -0.2) is 8.42 Å². The van der Waals surface area contributed by atoms with Gasteiger partial charge in [0.15, 0.2) is 0 Å². The summed E-state index contributed by atoms with van der Waals surface area (Å²) in [6, 6.07) is 18.4. The number of halogens is 2. The first-order valence-corrected chi connectivity index (χ1v) is 16.1. The molecule has 4 rings (SSSR count). The number of sulfonamides is 1. The van der Waals surface area contributed by atoms with Crippen molar-refractivity contribution in [1.29, 1.82) is 0 Å². The fourth-order valence-corrected chi connectivity index (χ4v) is 6.89. The Bertz CT molecular complexity index is 1500. The lowest BCUT2D eigenvalue weighted by Gasteiger charge is -2.33. The third-order valence-corrected chi connectivity index (χ3v) is 9.80. The average molecular weight is 633 g/mol. The molecule has 1 aliphatic rings. The van der Waals surface area contributed by atoms with Crippen LogP contribution in [0.15, 0.2) is 77.7 Å². The van der Waals surface area contributed by atoms with E-state index in [1.165, 1.54) is 24.1 Å². The summed E-state index contributed by atoms with van der Waals surface area (Å²) in [6.07, 6.45) is 4.98. The Kier molecular flexibility index (Phi) is 10.8. The number of hydrogen-bond donors (Lipinski definition) is 1. The minimum atomic E-state index is -4.18. The van der Waals surface area contributed by atoms with E-state index in [-0.39, 0.29) is 29.1 Å². The number of nitrogens with one attached hydrogen (secondary N) is 1. The Balaban J connectivity index is 1.70. The summed E-state index contributed by atoms with van der Waals surface area (Å²) in [5.41, 5.74) is 0.820. The van der Waals surface area contributed by atoms with Crippen LogP contribution in [0, 0.1) is 0 Å². The van der Waals surface area contributed by atoms with E-state index in [1.807, 2.05) is 0 Å². The SMILES string of the molecule is COc1cccc(N(CC(=O)N(Cc2ccc(Cl)cc2Cl)C(C)C(=O)NC2CCCCC2)S(=O)(=O)c2ccccc2)c1. The molecule has 1 atom stereocenters. The molecule has 0 radical (unpaired) electrons. The number of hydrogen-bond acceptors (Lipinski definition) is 5. The molecule has 1 aliphatic carbocycles. The fraction of sp³-hybridized carbons (Fsp3) is 0.355. The summed E-state index contributed by atoms with van der Waals surface area (Å²) >= 11 is 12.6. The van der Waals surface area contributed by atoms with Gasteiger partial charge in [-0.2, -0.15) is 0 Å². The van der Waals surface area contributed by atoms with Gasteiger partial charge in [0.2, 0.25) is 11.8 Å². The number of amides is 2. The third kappa shape index (κ3) is 7.76. The van der Waals surface area contributed by atoms with Crippen LogP contribution in [0.2, 0.25) is 10.0 Å². The topological polar surface area (TPSA) is 96.0 Å². The van der Waals surface area contributed by atoms with Crippen LogP contribution in [0.5, 0.6) is 5.75 Å². The zero-order valence-electron chi connectivity index (χ0n) is 23.6. The molecule has 1 saturated carbocycles. The number of nitrogens with zero attached hydrogens (tertiary/aromatic N) is 2. The number of methoxy groups -OCH3 is 1. The molecule has 1 N–H and O–H groups in total. The molecule has 0 bridgehead atoms. The molecule has 3 aromatic carbocycles. The van der Waals surface area contributed by atoms with E-state index in [0.717, 1.165) is 36.4 Å². The molecule has 0 aromatic heterocycles. The molecule has 224 valence electrons. The van der Waals surface area contributed by atoms with Crippen molar-refractivity contribution in [2.45, 2.75) is 62.6 Å². The minimum absolute atomic E-state index is 0.0224. The quantitative estimate of drug-likeness (QED) is 0.277. The van der Waals surface area contributed by atoms with Crippen molar-refractivity contribution in [3.05, 3.63) is 88.4 Å². The third-order valence-electron chi connectivity index (χ3n) is 7.43. The van der Waals surface area contributed by atoms with Crippen molar-refractivity contribution in [3.8, 4) is 5.75 Å². The van der Waals surface area contributed by atoms with E-state index in [9.17, 15) is 18.0 Å². The van der Waals surface area contributed by atoms with Crippen LogP contribution < -0.4 is 14.4 Å². The zero-order valence-corrected chi connectivity index (χ0v) is 26.0. The summed E-state index contributed by atoms with van der Waals surface area (Å²) in [6.45, 7) is 1.06. The second kappa shape index (κ2) is 14.3. The molecule has 1 fully saturated rings. The van der Waals surface area contributed by atoms with Crippen molar-refractivity contribution >= 4 is 50.7 Å². The van der Waals surface area contributed by atoms with Crippen LogP contribution >= 0.6 is 23.2 Å². The van der Waals surface area contributed by atoms with E-state index in [1.54, 1.807) is 67.6 Å². The van der Waals surface area contributed by atoms with Gasteiger partial charge in [-0.05, 0) is 61.7 Å². The maximum absolute atomic E-state index is 14.1. The van der Waals surface area contributed by atoms with Crippen LogP contribution in [-0.2, 0) is 26.2 Å². The lowest BCUT2D eigenvalue weighted by Crippen LogP contribution is -2.53. The highest BCUT2D eigenvalue weighted by Gasteiger charge is 2.33. The summed E-state index contributed by atoms with van der Waals surface area (Å²) in [7, 11) is -2.70. The van der Waals surface area contributed by atoms with Crippen molar-refractivity contribution in [3.63, 3.8) is 0 Å². The van der Waals surface area contributed by atoms with E-state index < -0.39 is 28.5 Å².